The molecule has 0 atom stereocenters. The van der Waals surface area contributed by atoms with Crippen molar-refractivity contribution < 1.29 is 18.7 Å². The minimum atomic E-state index is -0.498. The topological polar surface area (TPSA) is 110 Å². The number of aromatic nitrogens is 3. The van der Waals surface area contributed by atoms with E-state index in [1.165, 1.54) is 36.1 Å². The quantitative estimate of drug-likeness (QED) is 0.232. The van der Waals surface area contributed by atoms with Gasteiger partial charge in [-0.1, -0.05) is 36.4 Å². The molecule has 2 aromatic heterocycles. The van der Waals surface area contributed by atoms with E-state index in [4.69, 9.17) is 4.74 Å². The lowest BCUT2D eigenvalue weighted by atomic mass is 10.1. The maximum Gasteiger partial charge on any atom is 0.324 e. The molecule has 5 rings (SSSR count). The first kappa shape index (κ1) is 26.1. The zero-order valence-electron chi connectivity index (χ0n) is 21.5. The molecule has 200 valence electrons. The summed E-state index contributed by atoms with van der Waals surface area (Å²) in [6, 6.07) is 27.0. The van der Waals surface area contributed by atoms with E-state index in [0.717, 1.165) is 5.56 Å². The first-order chi connectivity index (χ1) is 19.5. The van der Waals surface area contributed by atoms with Crippen LogP contribution in [0.5, 0.6) is 11.5 Å². The van der Waals surface area contributed by atoms with Crippen LogP contribution in [0.1, 0.15) is 21.7 Å². The second-order valence-corrected chi connectivity index (χ2v) is 8.74. The average molecular weight is 537 g/mol. The number of rotatable bonds is 8. The molecule has 40 heavy (non-hydrogen) atoms. The van der Waals surface area contributed by atoms with Gasteiger partial charge in [-0.25, -0.2) is 13.9 Å². The van der Waals surface area contributed by atoms with Crippen LogP contribution in [0.3, 0.4) is 0 Å². The van der Waals surface area contributed by atoms with E-state index in [9.17, 15) is 14.0 Å². The molecule has 0 aliphatic rings. The maximum absolute atomic E-state index is 14.0. The normalized spacial score (nSPS) is 10.6. The van der Waals surface area contributed by atoms with Gasteiger partial charge in [-0.05, 0) is 54.1 Å². The number of anilines is 2. The molecule has 0 aliphatic carbocycles. The molecule has 10 heteroatoms. The molecular formula is C30H25FN6O3. The van der Waals surface area contributed by atoms with Gasteiger partial charge in [-0.3, -0.25) is 15.1 Å². The van der Waals surface area contributed by atoms with Crippen LogP contribution in [0.15, 0.2) is 103 Å². The second-order valence-electron chi connectivity index (χ2n) is 8.74. The SMILES string of the molecule is CNC(=O)c1cc(Oc2ccc(NC(=O)Nc3cc(Cc4ccccc4)nn3-c3cccc(F)c3)cc2)ccn1. The third kappa shape index (κ3) is 6.48. The number of benzene rings is 3. The summed E-state index contributed by atoms with van der Waals surface area (Å²) >= 11 is 0. The fraction of sp³-hybridized carbons (Fsp3) is 0.0667. The van der Waals surface area contributed by atoms with Gasteiger partial charge in [0.25, 0.3) is 5.91 Å². The Labute approximate surface area is 229 Å². The lowest BCUT2D eigenvalue weighted by Gasteiger charge is -2.11. The van der Waals surface area contributed by atoms with Crippen LogP contribution in [0.2, 0.25) is 0 Å². The van der Waals surface area contributed by atoms with Crippen LogP contribution < -0.4 is 20.7 Å². The summed E-state index contributed by atoms with van der Waals surface area (Å²) in [6.45, 7) is 0. The smallest absolute Gasteiger partial charge is 0.324 e. The van der Waals surface area contributed by atoms with E-state index in [2.05, 4.69) is 26.0 Å². The maximum atomic E-state index is 14.0. The molecule has 0 bridgehead atoms. The molecule has 0 spiro atoms. The van der Waals surface area contributed by atoms with E-state index in [0.29, 0.717) is 40.8 Å². The zero-order chi connectivity index (χ0) is 27.9. The number of carbonyl (C=O) groups is 2. The fourth-order valence-corrected chi connectivity index (χ4v) is 3.96. The van der Waals surface area contributed by atoms with Crippen molar-refractivity contribution >= 4 is 23.4 Å². The number of urea groups is 1. The molecule has 3 N–H and O–H groups in total. The van der Waals surface area contributed by atoms with Crippen molar-refractivity contribution in [2.24, 2.45) is 0 Å². The van der Waals surface area contributed by atoms with Crippen LogP contribution in [-0.2, 0) is 6.42 Å². The Kier molecular flexibility index (Phi) is 7.77. The number of nitrogens with zero attached hydrogens (tertiary/aromatic N) is 3. The Bertz CT molecular complexity index is 1640. The van der Waals surface area contributed by atoms with Gasteiger partial charge in [0.05, 0.1) is 11.4 Å². The summed E-state index contributed by atoms with van der Waals surface area (Å²) in [6.07, 6.45) is 2.03. The van der Waals surface area contributed by atoms with Crippen molar-refractivity contribution in [1.82, 2.24) is 20.1 Å². The van der Waals surface area contributed by atoms with Crippen molar-refractivity contribution in [3.63, 3.8) is 0 Å². The highest BCUT2D eigenvalue weighted by Gasteiger charge is 2.14. The largest absolute Gasteiger partial charge is 0.457 e. The number of hydrogen-bond acceptors (Lipinski definition) is 5. The first-order valence-corrected chi connectivity index (χ1v) is 12.4. The van der Waals surface area contributed by atoms with E-state index in [-0.39, 0.29) is 11.6 Å². The predicted octanol–water partition coefficient (Wildman–Crippen LogP) is 5.79. The summed E-state index contributed by atoms with van der Waals surface area (Å²) < 4.78 is 21.3. The van der Waals surface area contributed by atoms with E-state index in [1.54, 1.807) is 48.5 Å². The number of halogens is 1. The van der Waals surface area contributed by atoms with Crippen molar-refractivity contribution in [3.8, 4) is 17.2 Å². The van der Waals surface area contributed by atoms with E-state index >= 15 is 0 Å². The van der Waals surface area contributed by atoms with Gasteiger partial charge < -0.3 is 15.4 Å². The van der Waals surface area contributed by atoms with E-state index in [1.807, 2.05) is 30.3 Å². The fourth-order valence-electron chi connectivity index (χ4n) is 3.96. The monoisotopic (exact) mass is 536 g/mol. The van der Waals surface area contributed by atoms with Gasteiger partial charge in [0.15, 0.2) is 0 Å². The van der Waals surface area contributed by atoms with Crippen LogP contribution >= 0.6 is 0 Å². The highest BCUT2D eigenvalue weighted by molar-refractivity contribution is 5.99. The summed E-state index contributed by atoms with van der Waals surface area (Å²) in [5.41, 5.74) is 3.00. The Morgan fingerprint density at radius 1 is 0.875 bits per heavy atom. The Morgan fingerprint density at radius 2 is 1.68 bits per heavy atom. The molecule has 5 aromatic rings. The lowest BCUT2D eigenvalue weighted by Crippen LogP contribution is -2.21. The summed E-state index contributed by atoms with van der Waals surface area (Å²) in [4.78, 5) is 28.7. The minimum absolute atomic E-state index is 0.236. The van der Waals surface area contributed by atoms with E-state index < -0.39 is 11.8 Å². The molecule has 0 saturated heterocycles. The first-order valence-electron chi connectivity index (χ1n) is 12.4. The molecule has 3 aromatic carbocycles. The third-order valence-corrected chi connectivity index (χ3v) is 5.82. The van der Waals surface area contributed by atoms with Gasteiger partial charge in [0.2, 0.25) is 0 Å². The number of nitrogens with one attached hydrogen (secondary N) is 3. The van der Waals surface area contributed by atoms with Crippen LogP contribution in [0.25, 0.3) is 5.69 Å². The highest BCUT2D eigenvalue weighted by Crippen LogP contribution is 2.24. The van der Waals surface area contributed by atoms with Crippen LogP contribution in [-0.4, -0.2) is 33.8 Å². The molecule has 9 nitrogen and oxygen atoms in total. The highest BCUT2D eigenvalue weighted by atomic mass is 19.1. The molecule has 3 amide bonds. The zero-order valence-corrected chi connectivity index (χ0v) is 21.5. The van der Waals surface area contributed by atoms with Crippen molar-refractivity contribution in [2.45, 2.75) is 6.42 Å². The molecule has 0 aliphatic heterocycles. The summed E-state index contributed by atoms with van der Waals surface area (Å²) in [5.74, 6) is 0.617. The van der Waals surface area contributed by atoms with Gasteiger partial charge in [-0.2, -0.15) is 5.10 Å². The van der Waals surface area contributed by atoms with Gasteiger partial charge in [-0.15, -0.1) is 0 Å². The van der Waals surface area contributed by atoms with Gasteiger partial charge >= 0.3 is 6.03 Å². The molecule has 0 fully saturated rings. The van der Waals surface area contributed by atoms with Gasteiger partial charge in [0.1, 0.15) is 28.8 Å². The molecule has 0 radical (unpaired) electrons. The van der Waals surface area contributed by atoms with Gasteiger partial charge in [0, 0.05) is 37.5 Å². The predicted molar refractivity (Wildman–Crippen MR) is 150 cm³/mol. The molecule has 0 saturated carbocycles. The third-order valence-electron chi connectivity index (χ3n) is 5.82. The Hall–Kier alpha value is -5.51. The Balaban J connectivity index is 1.28. The Morgan fingerprint density at radius 3 is 2.42 bits per heavy atom. The number of carbonyl (C=O) groups excluding carboxylic acids is 2. The minimum Gasteiger partial charge on any atom is -0.457 e. The molecular weight excluding hydrogens is 511 g/mol. The van der Waals surface area contributed by atoms with Crippen LogP contribution in [0, 0.1) is 5.82 Å². The summed E-state index contributed by atoms with van der Waals surface area (Å²) in [5, 5.41) is 12.7. The molecule has 0 unspecified atom stereocenters. The van der Waals surface area contributed by atoms with Crippen molar-refractivity contribution in [1.29, 1.82) is 0 Å². The number of ether oxygens (including phenoxy) is 1. The number of amides is 3. The molecule has 2 heterocycles. The average Bonchev–Trinajstić information content (AvgIpc) is 3.36. The summed E-state index contributed by atoms with van der Waals surface area (Å²) in [7, 11) is 1.53. The van der Waals surface area contributed by atoms with Crippen molar-refractivity contribution in [2.75, 3.05) is 17.7 Å². The van der Waals surface area contributed by atoms with Crippen molar-refractivity contribution in [3.05, 3.63) is 126 Å². The lowest BCUT2D eigenvalue weighted by molar-refractivity contribution is 0.0957. The second kappa shape index (κ2) is 11.9. The van der Waals surface area contributed by atoms with Crippen LogP contribution in [0.4, 0.5) is 20.7 Å². The number of pyridine rings is 1. The standard InChI is InChI=1S/C30H25FN6O3/c1-32-29(38)27-19-26(14-15-33-27)40-25-12-10-22(11-13-25)34-30(39)35-28-18-23(16-20-6-3-2-4-7-20)36-37(28)24-9-5-8-21(31)17-24/h2-15,17-19H,16H2,1H3,(H,32,38)(H2,34,35,39). The number of hydrogen-bond donors (Lipinski definition) is 3.